The van der Waals surface area contributed by atoms with Crippen molar-refractivity contribution in [3.63, 3.8) is 0 Å². The third kappa shape index (κ3) is 6.33. The van der Waals surface area contributed by atoms with Gasteiger partial charge in [-0.05, 0) is 24.1 Å². The maximum absolute atomic E-state index is 12.4. The number of carbonyl (C=O) groups is 2. The van der Waals surface area contributed by atoms with Crippen LogP contribution in [0.5, 0.6) is 0 Å². The topological polar surface area (TPSA) is 52.7 Å². The van der Waals surface area contributed by atoms with Gasteiger partial charge in [-0.2, -0.15) is 0 Å². The fourth-order valence-corrected chi connectivity index (χ4v) is 2.89. The van der Waals surface area contributed by atoms with Gasteiger partial charge in [-0.3, -0.25) is 14.5 Å². The van der Waals surface area contributed by atoms with Crippen LogP contribution < -0.4 is 5.32 Å². The molecule has 1 aliphatic heterocycles. The number of rotatable bonds is 4. The van der Waals surface area contributed by atoms with Gasteiger partial charge in [-0.1, -0.05) is 44.5 Å². The molecule has 1 fully saturated rings. The summed E-state index contributed by atoms with van der Waals surface area (Å²) in [5.74, 6) is -0.106. The van der Waals surface area contributed by atoms with Crippen LogP contribution in [0.3, 0.4) is 0 Å². The molecular weight excluding hydrogens is 338 g/mol. The number of hydrogen-bond donors (Lipinski definition) is 1. The standard InChI is InChI=1S/C19H28ClN3O2/c1-19(2,3)18(25)21-13-17(24)23-10-4-9-22(11-12-23)14-15-5-7-16(20)8-6-15/h5-8H,4,9-14H2,1-3H3,(H,21,25). The maximum Gasteiger partial charge on any atom is 0.242 e. The quantitative estimate of drug-likeness (QED) is 0.892. The Labute approximate surface area is 155 Å². The van der Waals surface area contributed by atoms with Gasteiger partial charge in [0, 0.05) is 43.2 Å². The smallest absolute Gasteiger partial charge is 0.242 e. The van der Waals surface area contributed by atoms with E-state index in [-0.39, 0.29) is 18.4 Å². The van der Waals surface area contributed by atoms with Gasteiger partial charge < -0.3 is 10.2 Å². The second-order valence-corrected chi connectivity index (χ2v) is 8.01. The molecule has 1 aromatic carbocycles. The summed E-state index contributed by atoms with van der Waals surface area (Å²) < 4.78 is 0. The summed E-state index contributed by atoms with van der Waals surface area (Å²) >= 11 is 5.93. The molecule has 0 atom stereocenters. The average Bonchev–Trinajstić information content (AvgIpc) is 2.79. The van der Waals surface area contributed by atoms with Gasteiger partial charge in [0.05, 0.1) is 6.54 Å². The Hall–Kier alpha value is -1.59. The third-order valence-electron chi connectivity index (χ3n) is 4.34. The summed E-state index contributed by atoms with van der Waals surface area (Å²) in [4.78, 5) is 28.5. The monoisotopic (exact) mass is 365 g/mol. The van der Waals surface area contributed by atoms with Gasteiger partial charge in [-0.15, -0.1) is 0 Å². The van der Waals surface area contributed by atoms with E-state index >= 15 is 0 Å². The number of halogens is 1. The van der Waals surface area contributed by atoms with Crippen LogP contribution in [0.1, 0.15) is 32.8 Å². The summed E-state index contributed by atoms with van der Waals surface area (Å²) in [6, 6.07) is 7.89. The minimum atomic E-state index is -0.478. The summed E-state index contributed by atoms with van der Waals surface area (Å²) in [6.45, 7) is 9.68. The Morgan fingerprint density at radius 1 is 1.08 bits per heavy atom. The van der Waals surface area contributed by atoms with Gasteiger partial charge in [-0.25, -0.2) is 0 Å². The number of nitrogens with one attached hydrogen (secondary N) is 1. The minimum absolute atomic E-state index is 0.00839. The zero-order valence-electron chi connectivity index (χ0n) is 15.3. The molecule has 1 saturated heterocycles. The number of carbonyl (C=O) groups excluding carboxylic acids is 2. The highest BCUT2D eigenvalue weighted by molar-refractivity contribution is 6.30. The van der Waals surface area contributed by atoms with Gasteiger partial charge in [0.1, 0.15) is 0 Å². The molecule has 1 aromatic rings. The molecule has 2 amide bonds. The Morgan fingerprint density at radius 3 is 2.40 bits per heavy atom. The van der Waals surface area contributed by atoms with Crippen LogP contribution in [-0.4, -0.2) is 54.3 Å². The highest BCUT2D eigenvalue weighted by Gasteiger charge is 2.23. The molecule has 1 heterocycles. The zero-order valence-corrected chi connectivity index (χ0v) is 16.1. The molecule has 2 rings (SSSR count). The zero-order chi connectivity index (χ0) is 18.4. The SMILES string of the molecule is CC(C)(C)C(=O)NCC(=O)N1CCCN(Cc2ccc(Cl)cc2)CC1. The van der Waals surface area contributed by atoms with Crippen molar-refractivity contribution in [2.24, 2.45) is 5.41 Å². The van der Waals surface area contributed by atoms with Crippen LogP contribution in [0, 0.1) is 5.41 Å². The van der Waals surface area contributed by atoms with Gasteiger partial charge in [0.25, 0.3) is 0 Å². The maximum atomic E-state index is 12.4. The lowest BCUT2D eigenvalue weighted by molar-refractivity contribution is -0.135. The van der Waals surface area contributed by atoms with E-state index in [2.05, 4.69) is 10.2 Å². The molecule has 138 valence electrons. The number of nitrogens with zero attached hydrogens (tertiary/aromatic N) is 2. The van der Waals surface area contributed by atoms with E-state index in [0.29, 0.717) is 6.54 Å². The highest BCUT2D eigenvalue weighted by Crippen LogP contribution is 2.14. The van der Waals surface area contributed by atoms with Gasteiger partial charge >= 0.3 is 0 Å². The van der Waals surface area contributed by atoms with Crippen LogP contribution in [0.25, 0.3) is 0 Å². The largest absolute Gasteiger partial charge is 0.347 e. The summed E-state index contributed by atoms with van der Waals surface area (Å²) in [5.41, 5.74) is 0.746. The Kier molecular flexibility index (Phi) is 6.85. The summed E-state index contributed by atoms with van der Waals surface area (Å²) in [5, 5.41) is 3.48. The molecule has 0 aromatic heterocycles. The van der Waals surface area contributed by atoms with Crippen molar-refractivity contribution in [3.8, 4) is 0 Å². The molecule has 0 unspecified atom stereocenters. The number of hydrogen-bond acceptors (Lipinski definition) is 3. The van der Waals surface area contributed by atoms with E-state index < -0.39 is 5.41 Å². The third-order valence-corrected chi connectivity index (χ3v) is 4.59. The Balaban J connectivity index is 1.81. The molecule has 1 aliphatic rings. The van der Waals surface area contributed by atoms with E-state index in [0.717, 1.165) is 37.6 Å². The van der Waals surface area contributed by atoms with Crippen molar-refractivity contribution in [2.45, 2.75) is 33.7 Å². The van der Waals surface area contributed by atoms with Crippen molar-refractivity contribution >= 4 is 23.4 Å². The Morgan fingerprint density at radius 2 is 1.76 bits per heavy atom. The fraction of sp³-hybridized carbons (Fsp3) is 0.579. The lowest BCUT2D eigenvalue weighted by Gasteiger charge is -2.23. The first kappa shape index (κ1) is 19.7. The lowest BCUT2D eigenvalue weighted by atomic mass is 9.96. The minimum Gasteiger partial charge on any atom is -0.347 e. The second-order valence-electron chi connectivity index (χ2n) is 7.57. The number of amides is 2. The van der Waals surface area contributed by atoms with Crippen molar-refractivity contribution in [3.05, 3.63) is 34.9 Å². The fourth-order valence-electron chi connectivity index (χ4n) is 2.76. The molecule has 0 aliphatic carbocycles. The van der Waals surface area contributed by atoms with Gasteiger partial charge in [0.2, 0.25) is 11.8 Å². The van der Waals surface area contributed by atoms with Crippen LogP contribution in [0.15, 0.2) is 24.3 Å². The second kappa shape index (κ2) is 8.68. The van der Waals surface area contributed by atoms with Crippen LogP contribution in [-0.2, 0) is 16.1 Å². The molecular formula is C19H28ClN3O2. The van der Waals surface area contributed by atoms with E-state index in [9.17, 15) is 9.59 Å². The molecule has 1 N–H and O–H groups in total. The highest BCUT2D eigenvalue weighted by atomic mass is 35.5. The summed E-state index contributed by atoms with van der Waals surface area (Å²) in [7, 11) is 0. The molecule has 0 radical (unpaired) electrons. The number of benzene rings is 1. The van der Waals surface area contributed by atoms with E-state index in [4.69, 9.17) is 11.6 Å². The predicted molar refractivity (Wildman–Crippen MR) is 100 cm³/mol. The predicted octanol–water partition coefficient (Wildman–Crippen LogP) is 2.54. The first-order valence-electron chi connectivity index (χ1n) is 8.78. The average molecular weight is 366 g/mol. The van der Waals surface area contributed by atoms with Crippen LogP contribution in [0.4, 0.5) is 0 Å². The van der Waals surface area contributed by atoms with Crippen LogP contribution in [0.2, 0.25) is 5.02 Å². The Bertz CT molecular complexity index is 596. The van der Waals surface area contributed by atoms with Crippen molar-refractivity contribution in [1.29, 1.82) is 0 Å². The molecule has 0 bridgehead atoms. The van der Waals surface area contributed by atoms with Crippen molar-refractivity contribution in [1.82, 2.24) is 15.1 Å². The summed E-state index contributed by atoms with van der Waals surface area (Å²) in [6.07, 6.45) is 0.937. The van der Waals surface area contributed by atoms with Crippen LogP contribution >= 0.6 is 11.6 Å². The first-order valence-corrected chi connectivity index (χ1v) is 9.16. The van der Waals surface area contributed by atoms with Crippen molar-refractivity contribution < 1.29 is 9.59 Å². The lowest BCUT2D eigenvalue weighted by Crippen LogP contribution is -2.44. The molecule has 6 heteroatoms. The van der Waals surface area contributed by atoms with Crippen molar-refractivity contribution in [2.75, 3.05) is 32.7 Å². The van der Waals surface area contributed by atoms with Gasteiger partial charge in [0.15, 0.2) is 0 Å². The van der Waals surface area contributed by atoms with E-state index in [1.165, 1.54) is 5.56 Å². The van der Waals surface area contributed by atoms with E-state index in [1.807, 2.05) is 49.9 Å². The molecule has 0 saturated carbocycles. The molecule has 25 heavy (non-hydrogen) atoms. The molecule has 0 spiro atoms. The van der Waals surface area contributed by atoms with E-state index in [1.54, 1.807) is 0 Å². The molecule has 5 nitrogen and oxygen atoms in total. The first-order chi connectivity index (χ1) is 11.8. The normalized spacial score (nSPS) is 16.4.